The predicted octanol–water partition coefficient (Wildman–Crippen LogP) is 1.45. The third-order valence-corrected chi connectivity index (χ3v) is 7.87. The lowest BCUT2D eigenvalue weighted by Gasteiger charge is -2.44. The molecule has 0 aromatic carbocycles. The van der Waals surface area contributed by atoms with Crippen molar-refractivity contribution in [2.45, 2.75) is 76.4 Å². The maximum atomic E-state index is 13.0. The van der Waals surface area contributed by atoms with Gasteiger partial charge < -0.3 is 10.1 Å². The fourth-order valence-corrected chi connectivity index (χ4v) is 6.23. The number of fused-ring (bicyclic) bond motifs is 1. The molecule has 9 nitrogen and oxygen atoms in total. The molecule has 0 aliphatic carbocycles. The Balaban J connectivity index is 1.50. The summed E-state index contributed by atoms with van der Waals surface area (Å²) >= 11 is 1.56. The zero-order chi connectivity index (χ0) is 22.3. The van der Waals surface area contributed by atoms with Gasteiger partial charge in [0.1, 0.15) is 0 Å². The Kier molecular flexibility index (Phi) is 9.00. The van der Waals surface area contributed by atoms with Crippen molar-refractivity contribution >= 4 is 29.7 Å². The Hall–Kier alpha value is -1.36. The number of rotatable bonds is 9. The van der Waals surface area contributed by atoms with Gasteiger partial charge in [0.05, 0.1) is 43.6 Å². The minimum absolute atomic E-state index is 0.0518. The van der Waals surface area contributed by atoms with E-state index >= 15 is 0 Å². The van der Waals surface area contributed by atoms with E-state index in [9.17, 15) is 14.4 Å². The van der Waals surface area contributed by atoms with Crippen molar-refractivity contribution < 1.29 is 23.7 Å². The number of alkyl carbamates (subject to hydrolysis) is 1. The fourth-order valence-electron chi connectivity index (χ4n) is 4.89. The molecule has 0 aromatic rings. The number of quaternary nitrogens is 1. The summed E-state index contributed by atoms with van der Waals surface area (Å²) in [6, 6.07) is -0.248. The Labute approximate surface area is 189 Å². The number of thioether (sulfide) groups is 1. The average molecular weight is 457 g/mol. The van der Waals surface area contributed by atoms with Gasteiger partial charge in [-0.15, -0.1) is 11.8 Å². The molecule has 3 rings (SSSR count). The molecule has 10 heteroatoms. The van der Waals surface area contributed by atoms with Crippen LogP contribution in [0.1, 0.15) is 58.8 Å². The smallest absolute Gasteiger partial charge is 0.413 e. The van der Waals surface area contributed by atoms with Crippen LogP contribution in [0.5, 0.6) is 0 Å². The number of unbranched alkanes of at least 4 members (excludes halogenated alkanes) is 3. The minimum atomic E-state index is -0.731. The molecular formula is C21H38N5O4S+. The minimum Gasteiger partial charge on any atom is -0.450 e. The highest BCUT2D eigenvalue weighted by molar-refractivity contribution is 8.00. The first kappa shape index (κ1) is 24.3. The number of imide groups is 1. The molecule has 0 bridgehead atoms. The molecule has 0 radical (unpaired) electrons. The summed E-state index contributed by atoms with van der Waals surface area (Å²) in [5, 5.41) is 8.60. The van der Waals surface area contributed by atoms with E-state index in [-0.39, 0.29) is 36.0 Å². The number of ether oxygens (including phenoxy) is 1. The van der Waals surface area contributed by atoms with Crippen LogP contribution < -0.4 is 21.4 Å². The van der Waals surface area contributed by atoms with Crippen LogP contribution in [0.4, 0.5) is 4.79 Å². The van der Waals surface area contributed by atoms with Crippen LogP contribution in [0, 0.1) is 5.92 Å². The molecular weight excluding hydrogens is 418 g/mol. The van der Waals surface area contributed by atoms with Gasteiger partial charge in [-0.2, -0.15) is 5.43 Å². The second kappa shape index (κ2) is 11.5. The summed E-state index contributed by atoms with van der Waals surface area (Å²) in [5.74, 6) is -0.0884. The Morgan fingerprint density at radius 1 is 1.10 bits per heavy atom. The summed E-state index contributed by atoms with van der Waals surface area (Å²) in [7, 11) is 0. The quantitative estimate of drug-likeness (QED) is 0.307. The first-order chi connectivity index (χ1) is 15.0. The van der Waals surface area contributed by atoms with Crippen molar-refractivity contribution in [3.05, 3.63) is 0 Å². The molecule has 3 heterocycles. The number of carbonyl (C=O) groups is 3. The van der Waals surface area contributed by atoms with Crippen molar-refractivity contribution in [1.29, 1.82) is 0 Å². The van der Waals surface area contributed by atoms with E-state index in [1.54, 1.807) is 18.7 Å². The number of hydrogen-bond acceptors (Lipinski definition) is 7. The molecule has 3 aliphatic heterocycles. The summed E-state index contributed by atoms with van der Waals surface area (Å²) in [4.78, 5) is 37.0. The molecule has 0 spiro atoms. The summed E-state index contributed by atoms with van der Waals surface area (Å²) in [6.45, 7) is 7.12. The van der Waals surface area contributed by atoms with E-state index in [0.717, 1.165) is 42.8 Å². The van der Waals surface area contributed by atoms with E-state index in [0.29, 0.717) is 6.42 Å². The third-order valence-electron chi connectivity index (χ3n) is 6.59. The zero-order valence-corrected chi connectivity index (χ0v) is 19.6. The lowest BCUT2D eigenvalue weighted by Crippen LogP contribution is -2.70. The maximum Gasteiger partial charge on any atom is 0.413 e. The molecule has 31 heavy (non-hydrogen) atoms. The van der Waals surface area contributed by atoms with Crippen molar-refractivity contribution in [2.75, 3.05) is 32.0 Å². The molecule has 3 amide bonds. The summed E-state index contributed by atoms with van der Waals surface area (Å²) < 4.78 is 5.66. The van der Waals surface area contributed by atoms with Crippen molar-refractivity contribution in [3.63, 3.8) is 0 Å². The van der Waals surface area contributed by atoms with Crippen molar-refractivity contribution in [1.82, 2.24) is 21.4 Å². The van der Waals surface area contributed by atoms with Crippen LogP contribution in [0.2, 0.25) is 0 Å². The molecule has 3 fully saturated rings. The molecule has 5 atom stereocenters. The fraction of sp³-hybridized carbons (Fsp3) is 0.857. The highest BCUT2D eigenvalue weighted by Crippen LogP contribution is 2.31. The van der Waals surface area contributed by atoms with Gasteiger partial charge in [-0.1, -0.05) is 19.8 Å². The SMILES string of the molecule is CCCCCC[N+]12CCC(C(=O)NC3SCCC3C(=O)NC(=O)OCC)NC1CCN2. The lowest BCUT2D eigenvalue weighted by molar-refractivity contribution is -0.986. The van der Waals surface area contributed by atoms with Gasteiger partial charge in [0.2, 0.25) is 11.8 Å². The van der Waals surface area contributed by atoms with Gasteiger partial charge >= 0.3 is 6.09 Å². The second-order valence-corrected chi connectivity index (χ2v) is 9.92. The molecule has 0 saturated carbocycles. The second-order valence-electron chi connectivity index (χ2n) is 8.67. The predicted molar refractivity (Wildman–Crippen MR) is 120 cm³/mol. The van der Waals surface area contributed by atoms with Crippen LogP contribution in [-0.2, 0) is 14.3 Å². The van der Waals surface area contributed by atoms with Crippen LogP contribution >= 0.6 is 11.8 Å². The highest BCUT2D eigenvalue weighted by atomic mass is 32.2. The number of nitrogens with zero attached hydrogens (tertiary/aromatic N) is 1. The standard InChI is InChI=1S/C21H37N5O4S/c1-3-5-6-7-12-26-13-9-16(23-17(26)8-11-22-26)19(28)24-20-15(10-14-31-20)18(27)25-21(29)30-4-2/h15-17,20,22-23H,3-14H2,1-2H3,(H-,24,25,27,28,29)/p+1. The summed E-state index contributed by atoms with van der Waals surface area (Å²) in [5.41, 5.74) is 3.67. The third kappa shape index (κ3) is 6.12. The van der Waals surface area contributed by atoms with E-state index in [1.807, 2.05) is 0 Å². The zero-order valence-electron chi connectivity index (χ0n) is 18.8. The molecule has 3 saturated heterocycles. The van der Waals surface area contributed by atoms with Gasteiger partial charge in [0, 0.05) is 12.8 Å². The van der Waals surface area contributed by atoms with Gasteiger partial charge in [-0.25, -0.2) is 9.39 Å². The maximum absolute atomic E-state index is 13.0. The monoisotopic (exact) mass is 456 g/mol. The van der Waals surface area contributed by atoms with Gasteiger partial charge in [-0.3, -0.25) is 20.2 Å². The average Bonchev–Trinajstić information content (AvgIpc) is 3.37. The summed E-state index contributed by atoms with van der Waals surface area (Å²) in [6.07, 6.45) is 6.89. The van der Waals surface area contributed by atoms with Gasteiger partial charge in [0.15, 0.2) is 6.17 Å². The Bertz CT molecular complexity index is 651. The first-order valence-electron chi connectivity index (χ1n) is 11.8. The van der Waals surface area contributed by atoms with Gasteiger partial charge in [0.25, 0.3) is 0 Å². The molecule has 4 N–H and O–H groups in total. The number of nitrogens with one attached hydrogen (secondary N) is 4. The van der Waals surface area contributed by atoms with Crippen molar-refractivity contribution in [2.24, 2.45) is 5.92 Å². The highest BCUT2D eigenvalue weighted by Gasteiger charge is 2.48. The van der Waals surface area contributed by atoms with E-state index in [2.05, 4.69) is 28.3 Å². The van der Waals surface area contributed by atoms with E-state index in [4.69, 9.17) is 4.74 Å². The molecule has 5 unspecified atom stereocenters. The number of amides is 3. The van der Waals surface area contributed by atoms with Crippen LogP contribution in [0.3, 0.4) is 0 Å². The van der Waals surface area contributed by atoms with Crippen LogP contribution in [0.15, 0.2) is 0 Å². The van der Waals surface area contributed by atoms with Crippen LogP contribution in [0.25, 0.3) is 0 Å². The molecule has 0 aromatic heterocycles. The topological polar surface area (TPSA) is 109 Å². The lowest BCUT2D eigenvalue weighted by atomic mass is 10.0. The van der Waals surface area contributed by atoms with Gasteiger partial charge in [-0.05, 0) is 31.9 Å². The van der Waals surface area contributed by atoms with Crippen molar-refractivity contribution in [3.8, 4) is 0 Å². The number of carbonyl (C=O) groups excluding carboxylic acids is 3. The molecule has 3 aliphatic rings. The normalized spacial score (nSPS) is 32.3. The number of hydrogen-bond donors (Lipinski definition) is 4. The van der Waals surface area contributed by atoms with E-state index in [1.165, 1.54) is 25.7 Å². The first-order valence-corrected chi connectivity index (χ1v) is 12.8. The van der Waals surface area contributed by atoms with E-state index < -0.39 is 12.0 Å². The Morgan fingerprint density at radius 2 is 1.94 bits per heavy atom. The molecule has 176 valence electrons. The largest absolute Gasteiger partial charge is 0.450 e. The van der Waals surface area contributed by atoms with Crippen LogP contribution in [-0.4, -0.2) is 72.1 Å². The Morgan fingerprint density at radius 3 is 2.71 bits per heavy atom.